The monoisotopic (exact) mass is 345 g/mol. The number of piperidine rings is 2. The number of nitrogens with one attached hydrogen (secondary N) is 1. The Bertz CT molecular complexity index is 509. The van der Waals surface area contributed by atoms with E-state index in [-0.39, 0.29) is 11.9 Å². The van der Waals surface area contributed by atoms with Crippen molar-refractivity contribution >= 4 is 15.9 Å². The van der Waals surface area contributed by atoms with E-state index in [0.29, 0.717) is 25.4 Å². The molecule has 2 heterocycles. The molecule has 2 saturated heterocycles. The second-order valence-electron chi connectivity index (χ2n) is 7.22. The van der Waals surface area contributed by atoms with Crippen molar-refractivity contribution < 1.29 is 13.2 Å². The van der Waals surface area contributed by atoms with Crippen LogP contribution in [-0.2, 0) is 14.8 Å². The zero-order chi connectivity index (χ0) is 17.0. The molecule has 7 heteroatoms. The largest absolute Gasteiger partial charge is 0.353 e. The van der Waals surface area contributed by atoms with Gasteiger partial charge in [0, 0.05) is 25.7 Å². The number of likely N-dealkylation sites (tertiary alicyclic amines) is 1. The molecule has 6 nitrogen and oxygen atoms in total. The maximum Gasteiger partial charge on any atom is 0.238 e. The molecule has 3 atom stereocenters. The predicted molar refractivity (Wildman–Crippen MR) is 91.6 cm³/mol. The third-order valence-corrected chi connectivity index (χ3v) is 6.35. The highest BCUT2D eigenvalue weighted by atomic mass is 32.2. The van der Waals surface area contributed by atoms with Gasteiger partial charge in [0.15, 0.2) is 0 Å². The third-order valence-electron chi connectivity index (χ3n) is 5.07. The van der Waals surface area contributed by atoms with Gasteiger partial charge in [-0.15, -0.1) is 0 Å². The van der Waals surface area contributed by atoms with Gasteiger partial charge in [0.2, 0.25) is 15.9 Å². The zero-order valence-electron chi connectivity index (χ0n) is 14.6. The van der Waals surface area contributed by atoms with Crippen molar-refractivity contribution in [1.29, 1.82) is 0 Å². The molecule has 0 aromatic heterocycles. The van der Waals surface area contributed by atoms with Crippen molar-refractivity contribution in [3.63, 3.8) is 0 Å². The van der Waals surface area contributed by atoms with Crippen LogP contribution in [0.4, 0.5) is 0 Å². The topological polar surface area (TPSA) is 69.7 Å². The summed E-state index contributed by atoms with van der Waals surface area (Å²) in [6.07, 6.45) is 6.04. The van der Waals surface area contributed by atoms with E-state index in [4.69, 9.17) is 0 Å². The van der Waals surface area contributed by atoms with E-state index in [1.807, 2.05) is 0 Å². The predicted octanol–water partition coefficient (Wildman–Crippen LogP) is 1.04. The molecule has 0 spiro atoms. The summed E-state index contributed by atoms with van der Waals surface area (Å²) in [4.78, 5) is 14.9. The minimum absolute atomic E-state index is 0.146. The molecule has 0 bridgehead atoms. The summed E-state index contributed by atoms with van der Waals surface area (Å²) in [5.41, 5.74) is 0. The number of nitrogens with zero attached hydrogens (tertiary/aromatic N) is 2. The second kappa shape index (κ2) is 7.94. The maximum absolute atomic E-state index is 12.5. The lowest BCUT2D eigenvalue weighted by Gasteiger charge is -2.36. The first-order chi connectivity index (χ1) is 10.8. The van der Waals surface area contributed by atoms with Gasteiger partial charge in [0.1, 0.15) is 6.04 Å². The van der Waals surface area contributed by atoms with Crippen molar-refractivity contribution in [1.82, 2.24) is 14.5 Å². The minimum Gasteiger partial charge on any atom is -0.353 e. The molecule has 1 amide bonds. The van der Waals surface area contributed by atoms with Crippen LogP contribution in [0.15, 0.2) is 0 Å². The molecule has 23 heavy (non-hydrogen) atoms. The molecule has 0 unspecified atom stereocenters. The lowest BCUT2D eigenvalue weighted by atomic mass is 9.99. The first-order valence-corrected chi connectivity index (χ1v) is 10.6. The number of hydrogen-bond donors (Lipinski definition) is 1. The SMILES string of the molecule is C[C@@H]1CCCN([C@H](C)CNC(=O)[C@H]2CCCCN2S(C)(=O)=O)C1. The Hall–Kier alpha value is -0.660. The van der Waals surface area contributed by atoms with Gasteiger partial charge in [-0.25, -0.2) is 8.42 Å². The fourth-order valence-corrected chi connectivity index (χ4v) is 4.81. The molecule has 2 fully saturated rings. The van der Waals surface area contributed by atoms with Crippen LogP contribution in [0.2, 0.25) is 0 Å². The summed E-state index contributed by atoms with van der Waals surface area (Å²) in [7, 11) is -3.32. The first-order valence-electron chi connectivity index (χ1n) is 8.77. The summed E-state index contributed by atoms with van der Waals surface area (Å²) in [5.74, 6) is 0.563. The Labute approximate surface area is 140 Å². The van der Waals surface area contributed by atoms with Gasteiger partial charge in [-0.1, -0.05) is 13.3 Å². The van der Waals surface area contributed by atoms with E-state index in [0.717, 1.165) is 25.9 Å². The van der Waals surface area contributed by atoms with Gasteiger partial charge in [-0.05, 0) is 45.1 Å². The summed E-state index contributed by atoms with van der Waals surface area (Å²) in [6, 6.07) is -0.247. The zero-order valence-corrected chi connectivity index (χ0v) is 15.4. The van der Waals surface area contributed by atoms with Crippen LogP contribution in [-0.4, -0.2) is 68.0 Å². The van der Waals surface area contributed by atoms with E-state index in [1.165, 1.54) is 23.4 Å². The van der Waals surface area contributed by atoms with Crippen molar-refractivity contribution in [3.05, 3.63) is 0 Å². The molecular formula is C16H31N3O3S. The molecule has 0 radical (unpaired) electrons. The van der Waals surface area contributed by atoms with Crippen molar-refractivity contribution in [2.45, 2.75) is 58.0 Å². The summed E-state index contributed by atoms with van der Waals surface area (Å²) in [6.45, 7) is 7.60. The molecular weight excluding hydrogens is 314 g/mol. The lowest BCUT2D eigenvalue weighted by Crippen LogP contribution is -2.54. The van der Waals surface area contributed by atoms with Gasteiger partial charge >= 0.3 is 0 Å². The Morgan fingerprint density at radius 3 is 2.61 bits per heavy atom. The minimum atomic E-state index is -3.32. The van der Waals surface area contributed by atoms with Crippen LogP contribution >= 0.6 is 0 Å². The maximum atomic E-state index is 12.5. The van der Waals surface area contributed by atoms with Crippen LogP contribution in [0, 0.1) is 5.92 Å². The van der Waals surface area contributed by atoms with Crippen LogP contribution in [0.3, 0.4) is 0 Å². The number of hydrogen-bond acceptors (Lipinski definition) is 4. The third kappa shape index (κ3) is 5.16. The van der Waals surface area contributed by atoms with Gasteiger partial charge in [0.25, 0.3) is 0 Å². The van der Waals surface area contributed by atoms with Gasteiger partial charge in [-0.3, -0.25) is 9.69 Å². The van der Waals surface area contributed by atoms with E-state index in [1.54, 1.807) is 0 Å². The van der Waals surface area contributed by atoms with E-state index in [9.17, 15) is 13.2 Å². The highest BCUT2D eigenvalue weighted by Crippen LogP contribution is 2.20. The second-order valence-corrected chi connectivity index (χ2v) is 9.16. The quantitative estimate of drug-likeness (QED) is 0.808. The normalized spacial score (nSPS) is 29.2. The summed E-state index contributed by atoms with van der Waals surface area (Å²) >= 11 is 0. The van der Waals surface area contributed by atoms with Crippen molar-refractivity contribution in [2.75, 3.05) is 32.4 Å². The van der Waals surface area contributed by atoms with Crippen LogP contribution in [0.25, 0.3) is 0 Å². The Morgan fingerprint density at radius 1 is 1.22 bits per heavy atom. The highest BCUT2D eigenvalue weighted by molar-refractivity contribution is 7.88. The van der Waals surface area contributed by atoms with E-state index < -0.39 is 16.1 Å². The van der Waals surface area contributed by atoms with Gasteiger partial charge < -0.3 is 5.32 Å². The number of carbonyl (C=O) groups excluding carboxylic acids is 1. The van der Waals surface area contributed by atoms with Crippen LogP contribution in [0.5, 0.6) is 0 Å². The fraction of sp³-hybridized carbons (Fsp3) is 0.938. The Balaban J connectivity index is 1.87. The molecule has 0 aromatic carbocycles. The van der Waals surface area contributed by atoms with Gasteiger partial charge in [0.05, 0.1) is 6.26 Å². The number of sulfonamides is 1. The molecule has 0 saturated carbocycles. The highest BCUT2D eigenvalue weighted by Gasteiger charge is 2.34. The summed E-state index contributed by atoms with van der Waals surface area (Å²) < 4.78 is 25.1. The molecule has 0 aromatic rings. The average Bonchev–Trinajstić information content (AvgIpc) is 2.51. The molecule has 2 aliphatic rings. The average molecular weight is 346 g/mol. The Morgan fingerprint density at radius 2 is 1.96 bits per heavy atom. The number of amides is 1. The van der Waals surface area contributed by atoms with Crippen LogP contribution < -0.4 is 5.32 Å². The summed E-state index contributed by atoms with van der Waals surface area (Å²) in [5, 5.41) is 2.98. The van der Waals surface area contributed by atoms with Crippen LogP contribution in [0.1, 0.15) is 46.0 Å². The van der Waals surface area contributed by atoms with Crippen molar-refractivity contribution in [3.8, 4) is 0 Å². The molecule has 134 valence electrons. The van der Waals surface area contributed by atoms with Crippen molar-refractivity contribution in [2.24, 2.45) is 5.92 Å². The molecule has 1 N–H and O–H groups in total. The fourth-order valence-electron chi connectivity index (χ4n) is 3.69. The van der Waals surface area contributed by atoms with E-state index >= 15 is 0 Å². The smallest absolute Gasteiger partial charge is 0.238 e. The lowest BCUT2D eigenvalue weighted by molar-refractivity contribution is -0.125. The van der Waals surface area contributed by atoms with Gasteiger partial charge in [-0.2, -0.15) is 4.31 Å². The molecule has 0 aliphatic carbocycles. The van der Waals surface area contributed by atoms with E-state index in [2.05, 4.69) is 24.1 Å². The standard InChI is InChI=1S/C16H31N3O3S/c1-13-7-6-9-18(12-13)14(2)11-17-16(20)15-8-4-5-10-19(15)23(3,21)22/h13-15H,4-12H2,1-3H3,(H,17,20)/t13-,14-,15-/m1/s1. The molecule has 2 aliphatic heterocycles. The Kier molecular flexibility index (Phi) is 6.45. The first kappa shape index (κ1) is 18.7. The molecule has 2 rings (SSSR count). The number of carbonyl (C=O) groups is 1. The number of rotatable bonds is 5.